The molecule has 0 amide bonds. The third kappa shape index (κ3) is 3.53. The zero-order chi connectivity index (χ0) is 17.4. The average Bonchev–Trinajstić information content (AvgIpc) is 2.84. The Hall–Kier alpha value is -1.93. The molecule has 2 aromatic rings. The maximum atomic E-state index is 12.6. The van der Waals surface area contributed by atoms with E-state index in [1.54, 1.807) is 24.4 Å². The summed E-state index contributed by atoms with van der Waals surface area (Å²) >= 11 is 0. The Morgan fingerprint density at radius 2 is 1.96 bits per heavy atom. The largest absolute Gasteiger partial charge is 0.427 e. The SMILES string of the molecule is CC(NC(O)C(F)(F)F)C(=O)c1c(C(C)C)nn2ccccc12. The lowest BCUT2D eigenvalue weighted by Crippen LogP contribution is -2.49. The second-order valence-corrected chi connectivity index (χ2v) is 5.64. The molecule has 2 N–H and O–H groups in total. The number of fused-ring (bicyclic) bond motifs is 1. The molecule has 0 spiro atoms. The number of Topliss-reactive ketones (excluding diaryl/α,β-unsaturated/α-hetero) is 1. The Bertz CT molecular complexity index is 710. The van der Waals surface area contributed by atoms with E-state index in [-0.39, 0.29) is 11.5 Å². The molecule has 0 aliphatic carbocycles. The summed E-state index contributed by atoms with van der Waals surface area (Å²) in [5.41, 5.74) is 1.31. The van der Waals surface area contributed by atoms with Crippen LogP contribution in [0.1, 0.15) is 42.7 Å². The van der Waals surface area contributed by atoms with Gasteiger partial charge in [0.1, 0.15) is 0 Å². The standard InChI is InChI=1S/C15H18F3N3O2/c1-8(2)12-11(10-6-4-5-7-21(10)20-12)13(22)9(3)19-14(23)15(16,17)18/h4-9,14,19,23H,1-3H3. The van der Waals surface area contributed by atoms with Gasteiger partial charge in [0.15, 0.2) is 5.78 Å². The lowest BCUT2D eigenvalue weighted by molar-refractivity contribution is -0.214. The number of aromatic nitrogens is 2. The molecule has 0 fully saturated rings. The van der Waals surface area contributed by atoms with Crippen LogP contribution < -0.4 is 5.32 Å². The van der Waals surface area contributed by atoms with Crippen LogP contribution in [0, 0.1) is 0 Å². The van der Waals surface area contributed by atoms with Crippen LogP contribution in [-0.2, 0) is 0 Å². The molecule has 8 heteroatoms. The van der Waals surface area contributed by atoms with Gasteiger partial charge in [0, 0.05) is 6.20 Å². The molecule has 0 aromatic carbocycles. The van der Waals surface area contributed by atoms with E-state index in [0.717, 1.165) is 0 Å². The van der Waals surface area contributed by atoms with Crippen LogP contribution in [0.2, 0.25) is 0 Å². The third-order valence-corrected chi connectivity index (χ3v) is 3.47. The van der Waals surface area contributed by atoms with Gasteiger partial charge >= 0.3 is 6.18 Å². The van der Waals surface area contributed by atoms with E-state index in [2.05, 4.69) is 5.10 Å². The van der Waals surface area contributed by atoms with Gasteiger partial charge < -0.3 is 5.11 Å². The Balaban J connectivity index is 2.38. The van der Waals surface area contributed by atoms with Crippen molar-refractivity contribution >= 4 is 11.3 Å². The Morgan fingerprint density at radius 3 is 2.52 bits per heavy atom. The van der Waals surface area contributed by atoms with Gasteiger partial charge in [0.25, 0.3) is 0 Å². The number of hydrogen-bond donors (Lipinski definition) is 2. The Kier molecular flexibility index (Phi) is 4.76. The molecule has 0 saturated carbocycles. The topological polar surface area (TPSA) is 66.6 Å². The third-order valence-electron chi connectivity index (χ3n) is 3.47. The van der Waals surface area contributed by atoms with Crippen LogP contribution in [0.5, 0.6) is 0 Å². The molecule has 23 heavy (non-hydrogen) atoms. The molecule has 2 heterocycles. The van der Waals surface area contributed by atoms with Gasteiger partial charge in [-0.15, -0.1) is 0 Å². The summed E-state index contributed by atoms with van der Waals surface area (Å²) in [6.45, 7) is 4.98. The van der Waals surface area contributed by atoms with Crippen molar-refractivity contribution in [1.29, 1.82) is 0 Å². The summed E-state index contributed by atoms with van der Waals surface area (Å²) in [7, 11) is 0. The summed E-state index contributed by atoms with van der Waals surface area (Å²) in [5, 5.41) is 15.3. The summed E-state index contributed by atoms with van der Waals surface area (Å²) in [6, 6.07) is 3.94. The van der Waals surface area contributed by atoms with Crippen LogP contribution in [0.15, 0.2) is 24.4 Å². The van der Waals surface area contributed by atoms with E-state index in [9.17, 15) is 18.0 Å². The van der Waals surface area contributed by atoms with Crippen molar-refractivity contribution in [1.82, 2.24) is 14.9 Å². The molecule has 5 nitrogen and oxygen atoms in total. The number of halogens is 3. The average molecular weight is 329 g/mol. The molecular formula is C15H18F3N3O2. The highest BCUT2D eigenvalue weighted by atomic mass is 19.4. The minimum absolute atomic E-state index is 0.0754. The highest BCUT2D eigenvalue weighted by Crippen LogP contribution is 2.25. The van der Waals surface area contributed by atoms with Crippen molar-refractivity contribution in [3.63, 3.8) is 0 Å². The molecule has 0 aliphatic heterocycles. The Labute approximate surface area is 131 Å². The highest BCUT2D eigenvalue weighted by Gasteiger charge is 2.40. The van der Waals surface area contributed by atoms with Crippen LogP contribution in [0.3, 0.4) is 0 Å². The summed E-state index contributed by atoms with van der Waals surface area (Å²) in [4.78, 5) is 12.6. The number of rotatable bonds is 5. The maximum Gasteiger partial charge on any atom is 0.427 e. The second-order valence-electron chi connectivity index (χ2n) is 5.64. The highest BCUT2D eigenvalue weighted by molar-refractivity contribution is 6.06. The van der Waals surface area contributed by atoms with Crippen molar-refractivity contribution < 1.29 is 23.1 Å². The fourth-order valence-electron chi connectivity index (χ4n) is 2.30. The molecule has 2 rings (SSSR count). The van der Waals surface area contributed by atoms with Crippen LogP contribution >= 0.6 is 0 Å². The number of nitrogens with one attached hydrogen (secondary N) is 1. The minimum atomic E-state index is -4.84. The van der Waals surface area contributed by atoms with Crippen LogP contribution in [0.25, 0.3) is 5.52 Å². The predicted molar refractivity (Wildman–Crippen MR) is 78.3 cm³/mol. The number of alkyl halides is 3. The van der Waals surface area contributed by atoms with Gasteiger partial charge in [-0.1, -0.05) is 19.9 Å². The smallest absolute Gasteiger partial charge is 0.370 e. The van der Waals surface area contributed by atoms with Gasteiger partial charge in [0.05, 0.1) is 22.8 Å². The first-order valence-corrected chi connectivity index (χ1v) is 7.15. The molecule has 126 valence electrons. The van der Waals surface area contributed by atoms with Crippen molar-refractivity contribution in [3.8, 4) is 0 Å². The first-order chi connectivity index (χ1) is 10.6. The van der Waals surface area contributed by atoms with Gasteiger partial charge in [-0.05, 0) is 25.0 Å². The monoisotopic (exact) mass is 329 g/mol. The Morgan fingerprint density at radius 1 is 1.30 bits per heavy atom. The number of aliphatic hydroxyl groups excluding tert-OH is 1. The number of aliphatic hydroxyl groups is 1. The van der Waals surface area contributed by atoms with Crippen molar-refractivity contribution in [2.45, 2.75) is 45.1 Å². The van der Waals surface area contributed by atoms with Crippen molar-refractivity contribution in [2.24, 2.45) is 0 Å². The zero-order valence-electron chi connectivity index (χ0n) is 12.9. The fourth-order valence-corrected chi connectivity index (χ4v) is 2.30. The van der Waals surface area contributed by atoms with E-state index in [4.69, 9.17) is 5.11 Å². The van der Waals surface area contributed by atoms with E-state index in [1.807, 2.05) is 19.2 Å². The van der Waals surface area contributed by atoms with Gasteiger partial charge in [-0.25, -0.2) is 4.52 Å². The second kappa shape index (κ2) is 6.29. The normalized spacial score (nSPS) is 15.1. The molecule has 2 unspecified atom stereocenters. The molecular weight excluding hydrogens is 311 g/mol. The molecule has 0 bridgehead atoms. The van der Waals surface area contributed by atoms with Gasteiger partial charge in [0.2, 0.25) is 6.23 Å². The maximum absolute atomic E-state index is 12.6. The first kappa shape index (κ1) is 17.4. The van der Waals surface area contributed by atoms with Crippen molar-refractivity contribution in [3.05, 3.63) is 35.7 Å². The van der Waals surface area contributed by atoms with E-state index in [1.165, 1.54) is 11.4 Å². The number of carbonyl (C=O) groups excluding carboxylic acids is 1. The van der Waals surface area contributed by atoms with E-state index >= 15 is 0 Å². The van der Waals surface area contributed by atoms with Crippen molar-refractivity contribution in [2.75, 3.05) is 0 Å². The van der Waals surface area contributed by atoms with Crippen LogP contribution in [-0.4, -0.2) is 38.9 Å². The van der Waals surface area contributed by atoms with Crippen LogP contribution in [0.4, 0.5) is 13.2 Å². The summed E-state index contributed by atoms with van der Waals surface area (Å²) in [5.74, 6) is -0.619. The van der Waals surface area contributed by atoms with Gasteiger partial charge in [-0.3, -0.25) is 10.1 Å². The minimum Gasteiger partial charge on any atom is -0.370 e. The first-order valence-electron chi connectivity index (χ1n) is 7.15. The zero-order valence-corrected chi connectivity index (χ0v) is 12.9. The molecule has 2 atom stereocenters. The molecule has 0 saturated heterocycles. The van der Waals surface area contributed by atoms with E-state index < -0.39 is 24.2 Å². The summed E-state index contributed by atoms with van der Waals surface area (Å²) < 4.78 is 38.8. The number of pyridine rings is 1. The predicted octanol–water partition coefficient (Wildman–Crippen LogP) is 2.50. The summed E-state index contributed by atoms with van der Waals surface area (Å²) in [6.07, 6.45) is -5.93. The molecule has 2 aromatic heterocycles. The van der Waals surface area contributed by atoms with Gasteiger partial charge in [-0.2, -0.15) is 18.3 Å². The molecule has 0 radical (unpaired) electrons. The number of nitrogens with zero attached hydrogens (tertiary/aromatic N) is 2. The quantitative estimate of drug-likeness (QED) is 0.653. The number of carbonyl (C=O) groups is 1. The lowest BCUT2D eigenvalue weighted by atomic mass is 9.98. The van der Waals surface area contributed by atoms with E-state index in [0.29, 0.717) is 11.2 Å². The molecule has 0 aliphatic rings. The fraction of sp³-hybridized carbons (Fsp3) is 0.467. The lowest BCUT2D eigenvalue weighted by Gasteiger charge is -2.20. The number of ketones is 1. The number of hydrogen-bond acceptors (Lipinski definition) is 4.